The van der Waals surface area contributed by atoms with Gasteiger partial charge in [-0.2, -0.15) is 0 Å². The minimum Gasteiger partial charge on any atom is -0.508 e. The van der Waals surface area contributed by atoms with Gasteiger partial charge in [0.15, 0.2) is 9.84 Å². The Hall–Kier alpha value is -1.15. The molecule has 3 rings (SSSR count). The fraction of sp³-hybridized carbons (Fsp3) is 0.600. The molecule has 1 aromatic rings. The second-order valence-electron chi connectivity index (χ2n) is 6.27. The molecule has 2 heterocycles. The van der Waals surface area contributed by atoms with E-state index >= 15 is 0 Å². The van der Waals surface area contributed by atoms with Gasteiger partial charge in [-0.1, -0.05) is 12.1 Å². The third kappa shape index (κ3) is 3.27. The van der Waals surface area contributed by atoms with E-state index in [2.05, 4.69) is 15.8 Å². The number of phenolic OH excluding ortho intramolecular Hbond substituents is 1. The van der Waals surface area contributed by atoms with Crippen molar-refractivity contribution in [3.8, 4) is 5.75 Å². The quantitative estimate of drug-likeness (QED) is 0.736. The van der Waals surface area contributed by atoms with Crippen molar-refractivity contribution >= 4 is 9.84 Å². The van der Waals surface area contributed by atoms with E-state index < -0.39 is 9.84 Å². The average molecular weight is 325 g/mol. The molecule has 6 nitrogen and oxygen atoms in total. The van der Waals surface area contributed by atoms with E-state index in [0.717, 1.165) is 31.5 Å². The molecule has 22 heavy (non-hydrogen) atoms. The highest BCUT2D eigenvalue weighted by Crippen LogP contribution is 2.27. The summed E-state index contributed by atoms with van der Waals surface area (Å²) in [6.45, 7) is 2.22. The number of likely N-dealkylation sites (tertiary alicyclic amines) is 1. The topological polar surface area (TPSA) is 81.7 Å². The average Bonchev–Trinajstić information content (AvgIpc) is 3.08. The molecule has 1 aromatic carbocycles. The van der Waals surface area contributed by atoms with Crippen LogP contribution in [0.1, 0.15) is 18.4 Å². The first kappa shape index (κ1) is 15.7. The zero-order chi connectivity index (χ0) is 15.7. The number of hydrogen-bond donors (Lipinski definition) is 3. The van der Waals surface area contributed by atoms with E-state index in [0.29, 0.717) is 6.54 Å². The van der Waals surface area contributed by atoms with E-state index in [1.165, 1.54) is 6.26 Å². The summed E-state index contributed by atoms with van der Waals surface area (Å²) in [6, 6.07) is 7.35. The van der Waals surface area contributed by atoms with Crippen molar-refractivity contribution in [3.05, 3.63) is 29.8 Å². The van der Waals surface area contributed by atoms with E-state index in [1.807, 2.05) is 12.1 Å². The van der Waals surface area contributed by atoms with Crippen LogP contribution in [0.4, 0.5) is 0 Å². The van der Waals surface area contributed by atoms with Crippen molar-refractivity contribution in [1.29, 1.82) is 0 Å². The largest absolute Gasteiger partial charge is 0.508 e. The van der Waals surface area contributed by atoms with E-state index in [-0.39, 0.29) is 23.1 Å². The maximum Gasteiger partial charge on any atom is 0.153 e. The highest BCUT2D eigenvalue weighted by molar-refractivity contribution is 7.91. The molecule has 2 fully saturated rings. The minimum absolute atomic E-state index is 0.0744. The van der Waals surface area contributed by atoms with Crippen LogP contribution in [0.5, 0.6) is 5.75 Å². The van der Waals surface area contributed by atoms with Crippen LogP contribution in [-0.4, -0.2) is 55.1 Å². The molecule has 0 amide bonds. The smallest absolute Gasteiger partial charge is 0.153 e. The lowest BCUT2D eigenvalue weighted by Gasteiger charge is -2.31. The number of nitrogens with zero attached hydrogens (tertiary/aromatic N) is 1. The van der Waals surface area contributed by atoms with Crippen LogP contribution in [-0.2, 0) is 16.4 Å². The summed E-state index contributed by atoms with van der Waals surface area (Å²) in [5, 5.41) is 8.99. The van der Waals surface area contributed by atoms with Gasteiger partial charge in [0.05, 0.1) is 11.3 Å². The van der Waals surface area contributed by atoms with Crippen LogP contribution in [0.15, 0.2) is 24.3 Å². The second-order valence-corrected chi connectivity index (χ2v) is 8.53. The monoisotopic (exact) mass is 325 g/mol. The second kappa shape index (κ2) is 6.16. The Labute approximate surface area is 131 Å². The molecule has 2 saturated heterocycles. The van der Waals surface area contributed by atoms with Crippen molar-refractivity contribution < 1.29 is 13.5 Å². The SMILES string of the molecule is CS(=O)(=O)C1CNNC1C1CCCN1Cc1ccc(O)cc1. The number of benzene rings is 1. The number of aromatic hydroxyl groups is 1. The lowest BCUT2D eigenvalue weighted by atomic mass is 10.0. The van der Waals surface area contributed by atoms with E-state index in [1.54, 1.807) is 12.1 Å². The Kier molecular flexibility index (Phi) is 4.40. The summed E-state index contributed by atoms with van der Waals surface area (Å²) in [5.41, 5.74) is 7.31. The molecule has 0 aliphatic carbocycles. The first-order valence-electron chi connectivity index (χ1n) is 7.64. The van der Waals surface area contributed by atoms with Crippen molar-refractivity contribution in [2.75, 3.05) is 19.3 Å². The van der Waals surface area contributed by atoms with Crippen LogP contribution in [0, 0.1) is 0 Å². The van der Waals surface area contributed by atoms with Crippen LogP contribution in [0.3, 0.4) is 0 Å². The Morgan fingerprint density at radius 2 is 2.05 bits per heavy atom. The first-order chi connectivity index (χ1) is 10.4. The maximum absolute atomic E-state index is 12.0. The lowest BCUT2D eigenvalue weighted by molar-refractivity contribution is 0.204. The van der Waals surface area contributed by atoms with Gasteiger partial charge in [-0.15, -0.1) is 0 Å². The maximum atomic E-state index is 12.0. The standard InChI is InChI=1S/C15H23N3O3S/c1-22(20,21)14-9-16-17-15(14)13-3-2-8-18(13)10-11-4-6-12(19)7-5-11/h4-7,13-17,19H,2-3,8-10H2,1H3. The summed E-state index contributed by atoms with van der Waals surface area (Å²) in [4.78, 5) is 2.34. The van der Waals surface area contributed by atoms with Crippen LogP contribution >= 0.6 is 0 Å². The van der Waals surface area contributed by atoms with Crippen molar-refractivity contribution in [1.82, 2.24) is 15.8 Å². The third-order valence-corrected chi connectivity index (χ3v) is 6.23. The van der Waals surface area contributed by atoms with Gasteiger partial charge in [-0.3, -0.25) is 15.8 Å². The summed E-state index contributed by atoms with van der Waals surface area (Å²) >= 11 is 0. The van der Waals surface area contributed by atoms with E-state index in [4.69, 9.17) is 0 Å². The number of rotatable bonds is 4. The molecule has 0 bridgehead atoms. The number of phenols is 1. The van der Waals surface area contributed by atoms with Gasteiger partial charge in [0, 0.05) is 25.4 Å². The van der Waals surface area contributed by atoms with Gasteiger partial charge in [-0.05, 0) is 37.1 Å². The number of hydrogen-bond acceptors (Lipinski definition) is 6. The van der Waals surface area contributed by atoms with Gasteiger partial charge in [0.25, 0.3) is 0 Å². The normalized spacial score (nSPS) is 30.0. The molecule has 0 spiro atoms. The summed E-state index contributed by atoms with van der Waals surface area (Å²) < 4.78 is 24.0. The Balaban J connectivity index is 1.74. The minimum atomic E-state index is -3.08. The van der Waals surface area contributed by atoms with Crippen LogP contribution < -0.4 is 10.9 Å². The number of nitrogens with one attached hydrogen (secondary N) is 2. The molecular weight excluding hydrogens is 302 g/mol. The Morgan fingerprint density at radius 3 is 2.73 bits per heavy atom. The predicted octanol–water partition coefficient (Wildman–Crippen LogP) is 0.246. The van der Waals surface area contributed by atoms with Gasteiger partial charge < -0.3 is 5.11 Å². The van der Waals surface area contributed by atoms with Crippen LogP contribution in [0.2, 0.25) is 0 Å². The number of sulfone groups is 1. The van der Waals surface area contributed by atoms with Crippen LogP contribution in [0.25, 0.3) is 0 Å². The molecule has 3 N–H and O–H groups in total. The third-order valence-electron chi connectivity index (χ3n) is 4.67. The van der Waals surface area contributed by atoms with Gasteiger partial charge in [0.2, 0.25) is 0 Å². The number of hydrazine groups is 1. The fourth-order valence-electron chi connectivity index (χ4n) is 3.55. The molecule has 2 aliphatic rings. The molecule has 3 unspecified atom stereocenters. The molecule has 7 heteroatoms. The summed E-state index contributed by atoms with van der Waals surface area (Å²) in [6.07, 6.45) is 3.40. The predicted molar refractivity (Wildman–Crippen MR) is 85.1 cm³/mol. The molecule has 0 saturated carbocycles. The highest BCUT2D eigenvalue weighted by Gasteiger charge is 2.43. The summed E-state index contributed by atoms with van der Waals surface area (Å²) in [7, 11) is -3.08. The molecule has 0 aromatic heterocycles. The molecule has 3 atom stereocenters. The summed E-state index contributed by atoms with van der Waals surface area (Å²) in [5.74, 6) is 0.264. The van der Waals surface area contributed by atoms with Crippen molar-refractivity contribution in [3.63, 3.8) is 0 Å². The van der Waals surface area contributed by atoms with Gasteiger partial charge in [-0.25, -0.2) is 8.42 Å². The Bertz CT molecular complexity index is 617. The first-order valence-corrected chi connectivity index (χ1v) is 9.60. The zero-order valence-corrected chi connectivity index (χ0v) is 13.5. The highest BCUT2D eigenvalue weighted by atomic mass is 32.2. The van der Waals surface area contributed by atoms with Gasteiger partial charge in [0.1, 0.15) is 5.75 Å². The molecular formula is C15H23N3O3S. The zero-order valence-electron chi connectivity index (χ0n) is 12.7. The van der Waals surface area contributed by atoms with Crippen molar-refractivity contribution in [2.45, 2.75) is 36.7 Å². The fourth-order valence-corrected chi connectivity index (χ4v) is 4.72. The van der Waals surface area contributed by atoms with E-state index in [9.17, 15) is 13.5 Å². The molecule has 122 valence electrons. The molecule has 0 radical (unpaired) electrons. The van der Waals surface area contributed by atoms with Crippen molar-refractivity contribution in [2.24, 2.45) is 0 Å². The lowest BCUT2D eigenvalue weighted by Crippen LogP contribution is -2.51. The Morgan fingerprint density at radius 1 is 1.32 bits per heavy atom. The molecule has 2 aliphatic heterocycles. The van der Waals surface area contributed by atoms with Gasteiger partial charge >= 0.3 is 0 Å².